The Bertz CT molecular complexity index is 598. The molecule has 0 radical (unpaired) electrons. The molecule has 4 heteroatoms. The summed E-state index contributed by atoms with van der Waals surface area (Å²) in [5.41, 5.74) is 0.0901. The zero-order valence-corrected chi connectivity index (χ0v) is 17.1. The molecule has 150 valence electrons. The number of hydrogen-bond acceptors (Lipinski definition) is 3. The van der Waals surface area contributed by atoms with Gasteiger partial charge in [-0.05, 0) is 82.1 Å². The maximum atomic E-state index is 13.1. The van der Waals surface area contributed by atoms with Gasteiger partial charge in [-0.25, -0.2) is 0 Å². The van der Waals surface area contributed by atoms with E-state index >= 15 is 0 Å². The molecule has 1 unspecified atom stereocenters. The maximum Gasteiger partial charge on any atom is 0.253 e. The van der Waals surface area contributed by atoms with E-state index in [0.717, 1.165) is 43.8 Å². The summed E-state index contributed by atoms with van der Waals surface area (Å²) in [5, 5.41) is 10.4. The fourth-order valence-electron chi connectivity index (χ4n) is 4.02. The summed E-state index contributed by atoms with van der Waals surface area (Å²) in [6.45, 7) is 9.33. The van der Waals surface area contributed by atoms with Gasteiger partial charge in [0.2, 0.25) is 0 Å². The first-order valence-corrected chi connectivity index (χ1v) is 10.7. The summed E-state index contributed by atoms with van der Waals surface area (Å²) in [6, 6.07) is 9.53. The molecule has 1 saturated carbocycles. The number of carbonyl (C=O) groups is 1. The highest BCUT2D eigenvalue weighted by Crippen LogP contribution is 2.36. The van der Waals surface area contributed by atoms with Crippen molar-refractivity contribution >= 4 is 5.91 Å². The number of carbonyl (C=O) groups excluding carboxylic acids is 1. The van der Waals surface area contributed by atoms with Crippen LogP contribution >= 0.6 is 0 Å². The third kappa shape index (κ3) is 6.32. The van der Waals surface area contributed by atoms with Gasteiger partial charge in [0.05, 0.1) is 5.60 Å². The summed E-state index contributed by atoms with van der Waals surface area (Å²) in [6.07, 6.45) is 6.43. The van der Waals surface area contributed by atoms with Crippen molar-refractivity contribution in [1.82, 2.24) is 9.80 Å². The molecule has 1 aliphatic heterocycles. The minimum atomic E-state index is -0.640. The molecule has 4 nitrogen and oxygen atoms in total. The van der Waals surface area contributed by atoms with Crippen LogP contribution in [0.15, 0.2) is 30.3 Å². The Morgan fingerprint density at radius 2 is 1.96 bits per heavy atom. The van der Waals surface area contributed by atoms with Gasteiger partial charge in [0.15, 0.2) is 0 Å². The van der Waals surface area contributed by atoms with Crippen LogP contribution in [0.3, 0.4) is 0 Å². The van der Waals surface area contributed by atoms with Gasteiger partial charge in [0.1, 0.15) is 0 Å². The van der Waals surface area contributed by atoms with Gasteiger partial charge in [-0.1, -0.05) is 32.0 Å². The number of amides is 1. The smallest absolute Gasteiger partial charge is 0.253 e. The van der Waals surface area contributed by atoms with E-state index in [9.17, 15) is 9.90 Å². The van der Waals surface area contributed by atoms with Crippen LogP contribution in [-0.2, 0) is 0 Å². The van der Waals surface area contributed by atoms with Crippen LogP contribution in [0.4, 0.5) is 0 Å². The van der Waals surface area contributed by atoms with Crippen LogP contribution in [-0.4, -0.2) is 59.1 Å². The van der Waals surface area contributed by atoms with E-state index < -0.39 is 5.60 Å². The lowest BCUT2D eigenvalue weighted by Gasteiger charge is -2.29. The monoisotopic (exact) mass is 372 g/mol. The van der Waals surface area contributed by atoms with E-state index in [4.69, 9.17) is 0 Å². The molecule has 1 heterocycles. The third-order valence-electron chi connectivity index (χ3n) is 6.06. The summed E-state index contributed by atoms with van der Waals surface area (Å²) >= 11 is 0. The molecule has 2 aliphatic rings. The molecule has 0 aromatic heterocycles. The number of likely N-dealkylation sites (tertiary alicyclic amines) is 1. The fourth-order valence-corrected chi connectivity index (χ4v) is 4.02. The van der Waals surface area contributed by atoms with E-state index in [1.54, 1.807) is 0 Å². The second-order valence-electron chi connectivity index (χ2n) is 9.10. The van der Waals surface area contributed by atoms with Gasteiger partial charge >= 0.3 is 0 Å². The average molecular weight is 373 g/mol. The summed E-state index contributed by atoms with van der Waals surface area (Å²) in [7, 11) is 0. The lowest BCUT2D eigenvalue weighted by Crippen LogP contribution is -2.41. The Morgan fingerprint density at radius 1 is 1.22 bits per heavy atom. The lowest BCUT2D eigenvalue weighted by atomic mass is 9.99. The minimum Gasteiger partial charge on any atom is -0.388 e. The molecule has 1 aromatic carbocycles. The normalized spacial score (nSPS) is 22.4. The van der Waals surface area contributed by atoms with E-state index in [1.165, 1.54) is 32.4 Å². The number of rotatable bonds is 8. The molecular weight excluding hydrogens is 336 g/mol. The van der Waals surface area contributed by atoms with Crippen LogP contribution < -0.4 is 0 Å². The van der Waals surface area contributed by atoms with Crippen molar-refractivity contribution in [1.29, 1.82) is 0 Å². The van der Waals surface area contributed by atoms with Crippen molar-refractivity contribution < 1.29 is 9.90 Å². The molecule has 2 fully saturated rings. The molecule has 0 spiro atoms. The van der Waals surface area contributed by atoms with Gasteiger partial charge in [-0.15, -0.1) is 0 Å². The Morgan fingerprint density at radius 3 is 2.63 bits per heavy atom. The average Bonchev–Trinajstić information content (AvgIpc) is 3.43. The summed E-state index contributed by atoms with van der Waals surface area (Å²) in [4.78, 5) is 17.6. The van der Waals surface area contributed by atoms with Crippen molar-refractivity contribution in [2.75, 3.05) is 32.7 Å². The number of aliphatic hydroxyl groups is 1. The van der Waals surface area contributed by atoms with Crippen molar-refractivity contribution in [3.63, 3.8) is 0 Å². The van der Waals surface area contributed by atoms with Crippen LogP contribution in [0, 0.1) is 11.8 Å². The van der Waals surface area contributed by atoms with Crippen LogP contribution in [0.2, 0.25) is 0 Å². The molecule has 1 aromatic rings. The zero-order valence-electron chi connectivity index (χ0n) is 17.1. The van der Waals surface area contributed by atoms with Crippen molar-refractivity contribution in [2.45, 2.75) is 58.0 Å². The topological polar surface area (TPSA) is 43.8 Å². The summed E-state index contributed by atoms with van der Waals surface area (Å²) in [5.74, 6) is 1.35. The van der Waals surface area contributed by atoms with Crippen LogP contribution in [0.25, 0.3) is 0 Å². The van der Waals surface area contributed by atoms with Crippen molar-refractivity contribution in [3.8, 4) is 0 Å². The second-order valence-corrected chi connectivity index (χ2v) is 9.10. The highest BCUT2D eigenvalue weighted by Gasteiger charge is 2.43. The van der Waals surface area contributed by atoms with Crippen molar-refractivity contribution in [2.24, 2.45) is 11.8 Å². The summed E-state index contributed by atoms with van der Waals surface area (Å²) < 4.78 is 0. The second kappa shape index (κ2) is 9.20. The quantitative estimate of drug-likeness (QED) is 0.755. The van der Waals surface area contributed by atoms with E-state index in [0.29, 0.717) is 12.5 Å². The van der Waals surface area contributed by atoms with E-state index in [-0.39, 0.29) is 5.91 Å². The van der Waals surface area contributed by atoms with Gasteiger partial charge in [0.25, 0.3) is 5.91 Å². The van der Waals surface area contributed by atoms with Crippen molar-refractivity contribution in [3.05, 3.63) is 35.9 Å². The Hall–Kier alpha value is -1.39. The highest BCUT2D eigenvalue weighted by molar-refractivity contribution is 5.94. The number of nitrogens with zero attached hydrogens (tertiary/aromatic N) is 2. The predicted molar refractivity (Wildman–Crippen MR) is 110 cm³/mol. The maximum absolute atomic E-state index is 13.1. The predicted octanol–water partition coefficient (Wildman–Crippen LogP) is 3.80. The fraction of sp³-hybridized carbons (Fsp3) is 0.696. The molecule has 1 aliphatic carbocycles. The SMILES string of the molecule is CC(C)CCN1CCCC(CN(CC2(O)CC2)C(=O)c2ccccc2)CC1. The van der Waals surface area contributed by atoms with Crippen LogP contribution in [0.5, 0.6) is 0 Å². The first-order valence-electron chi connectivity index (χ1n) is 10.7. The highest BCUT2D eigenvalue weighted by atomic mass is 16.3. The van der Waals surface area contributed by atoms with E-state index in [2.05, 4.69) is 18.7 Å². The molecule has 1 saturated heterocycles. The first kappa shape index (κ1) is 20.3. The molecule has 3 rings (SSSR count). The third-order valence-corrected chi connectivity index (χ3v) is 6.06. The molecule has 1 amide bonds. The van der Waals surface area contributed by atoms with Gasteiger partial charge < -0.3 is 14.9 Å². The molecular formula is C23H36N2O2. The lowest BCUT2D eigenvalue weighted by molar-refractivity contribution is 0.0519. The number of benzene rings is 1. The Kier molecular flexibility index (Phi) is 6.93. The van der Waals surface area contributed by atoms with Gasteiger partial charge in [-0.3, -0.25) is 4.79 Å². The Balaban J connectivity index is 1.59. The molecule has 27 heavy (non-hydrogen) atoms. The standard InChI is InChI=1S/C23H36N2O2/c1-19(2)10-15-24-14-6-7-20(11-16-24)17-25(18-23(27)12-13-23)22(26)21-8-4-3-5-9-21/h3-5,8-9,19-20,27H,6-7,10-18H2,1-2H3. The molecule has 1 N–H and O–H groups in total. The van der Waals surface area contributed by atoms with Gasteiger partial charge in [-0.2, -0.15) is 0 Å². The minimum absolute atomic E-state index is 0.0665. The largest absolute Gasteiger partial charge is 0.388 e. The first-order chi connectivity index (χ1) is 13.0. The van der Waals surface area contributed by atoms with E-state index in [1.807, 2.05) is 35.2 Å². The van der Waals surface area contributed by atoms with Crippen LogP contribution in [0.1, 0.15) is 62.7 Å². The Labute approximate surface area is 164 Å². The zero-order chi connectivity index (χ0) is 19.3. The van der Waals surface area contributed by atoms with Gasteiger partial charge in [0, 0.05) is 18.7 Å². The number of hydrogen-bond donors (Lipinski definition) is 1. The molecule has 1 atom stereocenters. The molecule has 0 bridgehead atoms.